The number of rotatable bonds is 6. The molecule has 0 aliphatic carbocycles. The molecular weight excluding hydrogens is 514 g/mol. The van der Waals surface area contributed by atoms with E-state index >= 15 is 0 Å². The maximum Gasteiger partial charge on any atom is 0.573 e. The third kappa shape index (κ3) is 6.57. The zero-order chi connectivity index (χ0) is 21.0. The summed E-state index contributed by atoms with van der Waals surface area (Å²) in [6.45, 7) is 2.62. The van der Waals surface area contributed by atoms with Gasteiger partial charge in [0.2, 0.25) is 0 Å². The predicted molar refractivity (Wildman–Crippen MR) is 117 cm³/mol. The summed E-state index contributed by atoms with van der Waals surface area (Å²) in [6, 6.07) is 9.36. The minimum absolute atomic E-state index is 0. The van der Waals surface area contributed by atoms with Crippen LogP contribution in [0.3, 0.4) is 0 Å². The first kappa shape index (κ1) is 23.9. The molecule has 2 aromatic carbocycles. The van der Waals surface area contributed by atoms with Gasteiger partial charge in [0.05, 0.1) is 13.7 Å². The van der Waals surface area contributed by atoms with E-state index in [4.69, 9.17) is 15.2 Å². The average Bonchev–Trinajstić information content (AvgIpc) is 3.02. The minimum Gasteiger partial charge on any atom is -0.496 e. The number of ether oxygens (including phenoxy) is 3. The number of hydrogen-bond acceptors (Lipinski definition) is 4. The number of fused-ring (bicyclic) bond motifs is 1. The normalized spacial score (nSPS) is 15.6. The Kier molecular flexibility index (Phi) is 8.04. The van der Waals surface area contributed by atoms with E-state index in [0.29, 0.717) is 12.1 Å². The van der Waals surface area contributed by atoms with E-state index in [1.54, 1.807) is 7.11 Å². The van der Waals surface area contributed by atoms with Crippen molar-refractivity contribution in [1.29, 1.82) is 0 Å². The molecule has 3 rings (SSSR count). The fraction of sp³-hybridized carbons (Fsp3) is 0.350. The molecule has 0 saturated carbocycles. The molecule has 1 unspecified atom stereocenters. The molecule has 2 aromatic rings. The first-order valence-corrected chi connectivity index (χ1v) is 8.98. The Balaban J connectivity index is 0.00000320. The molecule has 1 heterocycles. The van der Waals surface area contributed by atoms with Crippen molar-refractivity contribution < 1.29 is 27.4 Å². The second kappa shape index (κ2) is 10.1. The topological polar surface area (TPSA) is 78.1 Å². The lowest BCUT2D eigenvalue weighted by molar-refractivity contribution is -0.274. The molecule has 1 atom stereocenters. The summed E-state index contributed by atoms with van der Waals surface area (Å²) in [4.78, 5) is 4.20. The lowest BCUT2D eigenvalue weighted by Gasteiger charge is -2.12. The van der Waals surface area contributed by atoms with Crippen LogP contribution < -0.4 is 25.3 Å². The van der Waals surface area contributed by atoms with E-state index in [9.17, 15) is 13.2 Å². The molecule has 0 bridgehead atoms. The molecule has 10 heteroatoms. The van der Waals surface area contributed by atoms with Crippen molar-refractivity contribution >= 4 is 29.9 Å². The zero-order valence-corrected chi connectivity index (χ0v) is 18.8. The minimum atomic E-state index is -4.71. The van der Waals surface area contributed by atoms with E-state index in [1.807, 2.05) is 19.1 Å². The monoisotopic (exact) mass is 537 g/mol. The van der Waals surface area contributed by atoms with Gasteiger partial charge in [-0.05, 0) is 36.8 Å². The quantitative estimate of drug-likeness (QED) is 0.329. The van der Waals surface area contributed by atoms with E-state index in [1.165, 1.54) is 24.3 Å². The lowest BCUT2D eigenvalue weighted by Crippen LogP contribution is -2.31. The summed E-state index contributed by atoms with van der Waals surface area (Å²) in [5.41, 5.74) is 8.59. The number of aliphatic imine (C=N–C) groups is 1. The summed E-state index contributed by atoms with van der Waals surface area (Å²) in [6.07, 6.45) is -3.73. The fourth-order valence-electron chi connectivity index (χ4n) is 3.02. The van der Waals surface area contributed by atoms with E-state index < -0.39 is 6.36 Å². The van der Waals surface area contributed by atoms with Crippen molar-refractivity contribution in [2.24, 2.45) is 10.7 Å². The van der Waals surface area contributed by atoms with Gasteiger partial charge in [0.1, 0.15) is 23.4 Å². The number of methoxy groups -OCH3 is 1. The number of nitrogens with two attached hydrogens (primary N) is 1. The highest BCUT2D eigenvalue weighted by molar-refractivity contribution is 14.0. The Morgan fingerprint density at radius 3 is 2.60 bits per heavy atom. The van der Waals surface area contributed by atoms with Crippen LogP contribution in [-0.4, -0.2) is 25.5 Å². The maximum absolute atomic E-state index is 12.2. The first-order valence-electron chi connectivity index (χ1n) is 8.98. The second-order valence-corrected chi connectivity index (χ2v) is 6.65. The molecule has 0 fully saturated rings. The van der Waals surface area contributed by atoms with Crippen LogP contribution in [0.5, 0.6) is 17.2 Å². The van der Waals surface area contributed by atoms with Crippen molar-refractivity contribution in [2.45, 2.75) is 38.9 Å². The smallest absolute Gasteiger partial charge is 0.496 e. The summed E-state index contributed by atoms with van der Waals surface area (Å²) in [5, 5.41) is 3.01. The van der Waals surface area contributed by atoms with Gasteiger partial charge in [-0.3, -0.25) is 0 Å². The lowest BCUT2D eigenvalue weighted by atomic mass is 10.1. The van der Waals surface area contributed by atoms with Gasteiger partial charge in [0.15, 0.2) is 5.96 Å². The van der Waals surface area contributed by atoms with Crippen molar-refractivity contribution in [3.63, 3.8) is 0 Å². The fourth-order valence-corrected chi connectivity index (χ4v) is 3.02. The van der Waals surface area contributed by atoms with E-state index in [-0.39, 0.29) is 48.3 Å². The van der Waals surface area contributed by atoms with Gasteiger partial charge in [-0.15, -0.1) is 37.1 Å². The molecule has 164 valence electrons. The van der Waals surface area contributed by atoms with Crippen LogP contribution in [0, 0.1) is 0 Å². The summed E-state index contributed by atoms with van der Waals surface area (Å²) in [7, 11) is 1.61. The Morgan fingerprint density at radius 1 is 1.27 bits per heavy atom. The SMILES string of the molecule is COc1cc2c(cc1CNC(N)=NCc1ccc(OC(F)(F)F)cc1)OC(C)C2.I. The molecule has 0 aromatic heterocycles. The molecule has 0 spiro atoms. The van der Waals surface area contributed by atoms with Gasteiger partial charge in [0, 0.05) is 24.1 Å². The molecular formula is C20H23F3IN3O3. The highest BCUT2D eigenvalue weighted by Crippen LogP contribution is 2.34. The zero-order valence-electron chi connectivity index (χ0n) is 16.5. The molecule has 6 nitrogen and oxygen atoms in total. The van der Waals surface area contributed by atoms with Crippen LogP contribution in [-0.2, 0) is 19.5 Å². The highest BCUT2D eigenvalue weighted by Gasteiger charge is 2.30. The van der Waals surface area contributed by atoms with Gasteiger partial charge in [0.25, 0.3) is 0 Å². The molecule has 3 N–H and O–H groups in total. The van der Waals surface area contributed by atoms with Gasteiger partial charge in [-0.25, -0.2) is 4.99 Å². The van der Waals surface area contributed by atoms with Crippen LogP contribution in [0.4, 0.5) is 13.2 Å². The maximum atomic E-state index is 12.2. The van der Waals surface area contributed by atoms with Crippen molar-refractivity contribution in [2.75, 3.05) is 7.11 Å². The van der Waals surface area contributed by atoms with Crippen molar-refractivity contribution in [1.82, 2.24) is 5.32 Å². The summed E-state index contributed by atoms with van der Waals surface area (Å²) < 4.78 is 51.6. The van der Waals surface area contributed by atoms with E-state index in [0.717, 1.165) is 29.0 Å². The van der Waals surface area contributed by atoms with Crippen LogP contribution >= 0.6 is 24.0 Å². The Hall–Kier alpha value is -2.37. The van der Waals surface area contributed by atoms with Crippen LogP contribution in [0.2, 0.25) is 0 Å². The largest absolute Gasteiger partial charge is 0.573 e. The average molecular weight is 537 g/mol. The van der Waals surface area contributed by atoms with E-state index in [2.05, 4.69) is 15.0 Å². The van der Waals surface area contributed by atoms with Crippen molar-refractivity contribution in [3.8, 4) is 17.2 Å². The molecule has 0 radical (unpaired) electrons. The Bertz CT molecular complexity index is 889. The number of nitrogens with one attached hydrogen (secondary N) is 1. The summed E-state index contributed by atoms with van der Waals surface area (Å²) in [5.74, 6) is 1.50. The predicted octanol–water partition coefficient (Wildman–Crippen LogP) is 4.14. The number of alkyl halides is 3. The Labute approximate surface area is 189 Å². The third-order valence-corrected chi connectivity index (χ3v) is 4.35. The van der Waals surface area contributed by atoms with Crippen LogP contribution in [0.25, 0.3) is 0 Å². The van der Waals surface area contributed by atoms with Crippen LogP contribution in [0.15, 0.2) is 41.4 Å². The van der Waals surface area contributed by atoms with Gasteiger partial charge >= 0.3 is 6.36 Å². The highest BCUT2D eigenvalue weighted by atomic mass is 127. The number of guanidine groups is 1. The van der Waals surface area contributed by atoms with Crippen LogP contribution in [0.1, 0.15) is 23.6 Å². The molecule has 1 aliphatic heterocycles. The third-order valence-electron chi connectivity index (χ3n) is 4.35. The molecule has 1 aliphatic rings. The first-order chi connectivity index (χ1) is 13.7. The Morgan fingerprint density at radius 2 is 1.97 bits per heavy atom. The number of halogens is 4. The number of nitrogens with zero attached hydrogens (tertiary/aromatic N) is 1. The van der Waals surface area contributed by atoms with Gasteiger partial charge < -0.3 is 25.3 Å². The second-order valence-electron chi connectivity index (χ2n) is 6.65. The number of benzene rings is 2. The number of hydrogen-bond donors (Lipinski definition) is 2. The molecule has 30 heavy (non-hydrogen) atoms. The molecule has 0 saturated heterocycles. The summed E-state index contributed by atoms with van der Waals surface area (Å²) >= 11 is 0. The van der Waals surface area contributed by atoms with Gasteiger partial charge in [-0.1, -0.05) is 12.1 Å². The van der Waals surface area contributed by atoms with Gasteiger partial charge in [-0.2, -0.15) is 0 Å². The van der Waals surface area contributed by atoms with Crippen molar-refractivity contribution in [3.05, 3.63) is 53.1 Å². The standard InChI is InChI=1S/C20H22F3N3O3.HI/c1-12-7-14-8-17(27-2)15(9-18(14)28-12)11-26-19(24)25-10-13-3-5-16(6-4-13)29-20(21,22)23;/h3-6,8-9,12H,7,10-11H2,1-2H3,(H3,24,25,26);1H. The molecule has 0 amide bonds.